The molecule has 3 aromatic rings. The van der Waals surface area contributed by atoms with Crippen LogP contribution in [0.5, 0.6) is 0 Å². The van der Waals surface area contributed by atoms with Crippen molar-refractivity contribution in [3.05, 3.63) is 70.1 Å². The van der Waals surface area contributed by atoms with Crippen molar-refractivity contribution in [2.75, 3.05) is 0 Å². The van der Waals surface area contributed by atoms with Crippen LogP contribution in [-0.4, -0.2) is 10.6 Å². The molecule has 0 saturated carbocycles. The van der Waals surface area contributed by atoms with Crippen molar-refractivity contribution >= 4 is 22.5 Å². The number of nitrogens with one attached hydrogen (secondary N) is 1. The van der Waals surface area contributed by atoms with Crippen LogP contribution in [0.15, 0.2) is 42.5 Å². The van der Waals surface area contributed by atoms with Crippen LogP contribution in [0.1, 0.15) is 23.7 Å². The van der Waals surface area contributed by atoms with E-state index in [2.05, 4.69) is 28.9 Å². The molecule has 2 nitrogen and oxygen atoms in total. The summed E-state index contributed by atoms with van der Waals surface area (Å²) < 4.78 is 15.5. The van der Waals surface area contributed by atoms with Gasteiger partial charge in [-0.05, 0) is 54.8 Å². The highest BCUT2D eigenvalue weighted by molar-refractivity contribution is 6.31. The largest absolute Gasteiger partial charge is 0.344 e. The second-order valence-electron chi connectivity index (χ2n) is 6.60. The zero-order valence-corrected chi connectivity index (χ0v) is 14.4. The first-order valence-electron chi connectivity index (χ1n) is 8.39. The minimum absolute atomic E-state index is 0.183. The van der Waals surface area contributed by atoms with Gasteiger partial charge < -0.3 is 9.88 Å². The number of fused-ring (bicyclic) bond motifs is 3. The third-order valence-corrected chi connectivity index (χ3v) is 5.15. The minimum atomic E-state index is -0.183. The summed E-state index contributed by atoms with van der Waals surface area (Å²) >= 11 is 6.22. The Bertz CT molecular complexity index is 883. The van der Waals surface area contributed by atoms with E-state index in [0.717, 1.165) is 36.5 Å². The highest BCUT2D eigenvalue weighted by atomic mass is 35.5. The number of aryl methyl sites for hydroxylation is 2. The van der Waals surface area contributed by atoms with Crippen LogP contribution in [0.2, 0.25) is 5.02 Å². The van der Waals surface area contributed by atoms with Gasteiger partial charge in [0, 0.05) is 47.2 Å². The predicted molar refractivity (Wildman–Crippen MR) is 97.1 cm³/mol. The number of halogens is 2. The van der Waals surface area contributed by atoms with Crippen LogP contribution in [0.25, 0.3) is 10.9 Å². The fourth-order valence-electron chi connectivity index (χ4n) is 3.67. The van der Waals surface area contributed by atoms with E-state index in [9.17, 15) is 4.39 Å². The highest BCUT2D eigenvalue weighted by Crippen LogP contribution is 2.32. The van der Waals surface area contributed by atoms with Crippen molar-refractivity contribution in [3.8, 4) is 0 Å². The van der Waals surface area contributed by atoms with Crippen molar-refractivity contribution in [1.29, 1.82) is 0 Å². The molecule has 24 heavy (non-hydrogen) atoms. The molecule has 1 unspecified atom stereocenters. The molecule has 0 spiro atoms. The Morgan fingerprint density at radius 1 is 1.21 bits per heavy atom. The van der Waals surface area contributed by atoms with Crippen LogP contribution < -0.4 is 5.32 Å². The molecule has 2 heterocycles. The average molecular weight is 343 g/mol. The number of benzene rings is 2. The zero-order valence-electron chi connectivity index (χ0n) is 13.7. The summed E-state index contributed by atoms with van der Waals surface area (Å²) in [4.78, 5) is 0. The molecular weight excluding hydrogens is 323 g/mol. The Morgan fingerprint density at radius 3 is 2.79 bits per heavy atom. The third-order valence-electron chi connectivity index (χ3n) is 4.91. The average Bonchev–Trinajstić information content (AvgIpc) is 2.86. The molecule has 1 N–H and O–H groups in total. The first-order chi connectivity index (χ1) is 11.6. The third kappa shape index (κ3) is 2.83. The zero-order chi connectivity index (χ0) is 16.7. The summed E-state index contributed by atoms with van der Waals surface area (Å²) in [7, 11) is 0. The van der Waals surface area contributed by atoms with Crippen molar-refractivity contribution < 1.29 is 4.39 Å². The van der Waals surface area contributed by atoms with E-state index < -0.39 is 0 Å². The summed E-state index contributed by atoms with van der Waals surface area (Å²) in [6.45, 7) is 4.00. The van der Waals surface area contributed by atoms with Gasteiger partial charge in [-0.2, -0.15) is 0 Å². The second kappa shape index (κ2) is 6.23. The second-order valence-corrected chi connectivity index (χ2v) is 7.04. The SMILES string of the molecule is CC1Cc2c(c3cc(Cl)ccc3n2CCc2ccc(F)cc2)CN1. The van der Waals surface area contributed by atoms with Crippen molar-refractivity contribution in [2.24, 2.45) is 0 Å². The van der Waals surface area contributed by atoms with Crippen molar-refractivity contribution in [3.63, 3.8) is 0 Å². The lowest BCUT2D eigenvalue weighted by Crippen LogP contribution is -2.33. The number of nitrogens with zero attached hydrogens (tertiary/aromatic N) is 1. The lowest BCUT2D eigenvalue weighted by molar-refractivity contribution is 0.492. The normalized spacial score (nSPS) is 17.2. The van der Waals surface area contributed by atoms with Gasteiger partial charge in [0.05, 0.1) is 0 Å². The van der Waals surface area contributed by atoms with E-state index in [1.165, 1.54) is 34.3 Å². The molecule has 1 aliphatic rings. The molecule has 0 aliphatic carbocycles. The van der Waals surface area contributed by atoms with Gasteiger partial charge in [0.1, 0.15) is 5.82 Å². The van der Waals surface area contributed by atoms with Crippen LogP contribution in [0.3, 0.4) is 0 Å². The van der Waals surface area contributed by atoms with E-state index in [4.69, 9.17) is 11.6 Å². The summed E-state index contributed by atoms with van der Waals surface area (Å²) in [5.41, 5.74) is 5.16. The Labute approximate surface area is 146 Å². The molecular formula is C20H20ClFN2. The van der Waals surface area contributed by atoms with Gasteiger partial charge in [0.15, 0.2) is 0 Å². The fraction of sp³-hybridized carbons (Fsp3) is 0.300. The van der Waals surface area contributed by atoms with E-state index in [0.29, 0.717) is 6.04 Å². The minimum Gasteiger partial charge on any atom is -0.344 e. The summed E-state index contributed by atoms with van der Waals surface area (Å²) in [5.74, 6) is -0.183. The van der Waals surface area contributed by atoms with Crippen LogP contribution in [0, 0.1) is 5.82 Å². The van der Waals surface area contributed by atoms with Crippen LogP contribution >= 0.6 is 11.6 Å². The van der Waals surface area contributed by atoms with Crippen molar-refractivity contribution in [1.82, 2.24) is 9.88 Å². The molecule has 0 fully saturated rings. The first kappa shape index (κ1) is 15.7. The fourth-order valence-corrected chi connectivity index (χ4v) is 3.84. The van der Waals surface area contributed by atoms with Gasteiger partial charge in [-0.3, -0.25) is 0 Å². The van der Waals surface area contributed by atoms with Gasteiger partial charge in [0.25, 0.3) is 0 Å². The lowest BCUT2D eigenvalue weighted by Gasteiger charge is -2.23. The molecule has 2 aromatic carbocycles. The molecule has 0 bridgehead atoms. The predicted octanol–water partition coefficient (Wildman–Crippen LogP) is 4.71. The van der Waals surface area contributed by atoms with Crippen LogP contribution in [-0.2, 0) is 25.9 Å². The maximum absolute atomic E-state index is 13.1. The van der Waals surface area contributed by atoms with Gasteiger partial charge >= 0.3 is 0 Å². The molecule has 4 heteroatoms. The van der Waals surface area contributed by atoms with Gasteiger partial charge in [-0.1, -0.05) is 23.7 Å². The Morgan fingerprint density at radius 2 is 2.00 bits per heavy atom. The molecule has 1 atom stereocenters. The van der Waals surface area contributed by atoms with Crippen LogP contribution in [0.4, 0.5) is 4.39 Å². The highest BCUT2D eigenvalue weighted by Gasteiger charge is 2.22. The Hall–Kier alpha value is -1.84. The summed E-state index contributed by atoms with van der Waals surface area (Å²) in [5, 5.41) is 5.57. The number of hydrogen-bond donors (Lipinski definition) is 1. The topological polar surface area (TPSA) is 17.0 Å². The quantitative estimate of drug-likeness (QED) is 0.729. The molecule has 0 saturated heterocycles. The standard InChI is InChI=1S/C20H20ClFN2/c1-13-10-20-18(12-23-13)17-11-15(21)4-7-19(17)24(20)9-8-14-2-5-16(22)6-3-14/h2-7,11,13,23H,8-10,12H2,1H3. The number of rotatable bonds is 3. The number of aromatic nitrogens is 1. The van der Waals surface area contributed by atoms with Gasteiger partial charge in [-0.25, -0.2) is 4.39 Å². The molecule has 4 rings (SSSR count). The maximum Gasteiger partial charge on any atom is 0.123 e. The van der Waals surface area contributed by atoms with E-state index in [1.807, 2.05) is 18.2 Å². The van der Waals surface area contributed by atoms with Gasteiger partial charge in [0.2, 0.25) is 0 Å². The monoisotopic (exact) mass is 342 g/mol. The van der Waals surface area contributed by atoms with Crippen molar-refractivity contribution in [2.45, 2.75) is 38.9 Å². The Balaban J connectivity index is 1.73. The molecule has 124 valence electrons. The van der Waals surface area contributed by atoms with E-state index in [-0.39, 0.29) is 5.82 Å². The molecule has 1 aromatic heterocycles. The smallest absolute Gasteiger partial charge is 0.123 e. The summed E-state index contributed by atoms with van der Waals surface area (Å²) in [6, 6.07) is 13.4. The maximum atomic E-state index is 13.1. The van der Waals surface area contributed by atoms with E-state index >= 15 is 0 Å². The molecule has 1 aliphatic heterocycles. The van der Waals surface area contributed by atoms with Gasteiger partial charge in [-0.15, -0.1) is 0 Å². The summed E-state index contributed by atoms with van der Waals surface area (Å²) in [6.07, 6.45) is 1.91. The molecule has 0 amide bonds. The van der Waals surface area contributed by atoms with E-state index in [1.54, 1.807) is 0 Å². The Kier molecular flexibility index (Phi) is 4.07. The lowest BCUT2D eigenvalue weighted by atomic mass is 10.0. The number of hydrogen-bond acceptors (Lipinski definition) is 1. The first-order valence-corrected chi connectivity index (χ1v) is 8.77. The molecule has 0 radical (unpaired) electrons.